The van der Waals surface area contributed by atoms with Crippen molar-refractivity contribution in [1.82, 2.24) is 4.90 Å². The van der Waals surface area contributed by atoms with Gasteiger partial charge in [-0.25, -0.2) is 0 Å². The van der Waals surface area contributed by atoms with Crippen LogP contribution in [-0.4, -0.2) is 44.3 Å². The fourth-order valence-corrected chi connectivity index (χ4v) is 1.77. The van der Waals surface area contributed by atoms with Gasteiger partial charge in [0.1, 0.15) is 0 Å². The molecule has 0 spiro atoms. The first kappa shape index (κ1) is 9.96. The van der Waals surface area contributed by atoms with Gasteiger partial charge in [-0.05, 0) is 25.8 Å². The summed E-state index contributed by atoms with van der Waals surface area (Å²) in [5, 5.41) is 0. The number of hydrogen-bond acceptors (Lipinski definition) is 3. The number of likely N-dealkylation sites (tertiary alicyclic amines) is 1. The second-order valence-electron chi connectivity index (χ2n) is 3.42. The molecule has 3 nitrogen and oxygen atoms in total. The van der Waals surface area contributed by atoms with Gasteiger partial charge in [-0.2, -0.15) is 0 Å². The maximum Gasteiger partial charge on any atom is 0.0584 e. The number of nitrogens with two attached hydrogens (primary N) is 1. The number of ether oxygens (including phenoxy) is 1. The summed E-state index contributed by atoms with van der Waals surface area (Å²) in [6, 6.07) is 0. The lowest BCUT2D eigenvalue weighted by Gasteiger charge is -2.18. The molecule has 1 aliphatic rings. The average Bonchev–Trinajstić information content (AvgIpc) is 2.31. The van der Waals surface area contributed by atoms with Gasteiger partial charge in [0.15, 0.2) is 0 Å². The van der Waals surface area contributed by atoms with Crippen LogP contribution in [0.3, 0.4) is 0 Å². The Morgan fingerprint density at radius 2 is 2.25 bits per heavy atom. The Morgan fingerprint density at radius 3 is 2.92 bits per heavy atom. The Morgan fingerprint density at radius 1 is 1.42 bits per heavy atom. The van der Waals surface area contributed by atoms with Crippen molar-refractivity contribution in [2.24, 2.45) is 5.73 Å². The van der Waals surface area contributed by atoms with Crippen LogP contribution < -0.4 is 5.73 Å². The third-order valence-electron chi connectivity index (χ3n) is 2.55. The molecule has 0 bridgehead atoms. The van der Waals surface area contributed by atoms with Crippen molar-refractivity contribution in [1.29, 1.82) is 0 Å². The molecule has 0 aromatic carbocycles. The molecule has 12 heavy (non-hydrogen) atoms. The molecule has 1 heterocycles. The van der Waals surface area contributed by atoms with E-state index in [1.165, 1.54) is 19.4 Å². The summed E-state index contributed by atoms with van der Waals surface area (Å²) in [5.41, 5.74) is 5.50. The first-order valence-electron chi connectivity index (χ1n) is 4.82. The number of methoxy groups -OCH3 is 1. The van der Waals surface area contributed by atoms with Gasteiger partial charge < -0.3 is 15.4 Å². The molecule has 1 saturated heterocycles. The molecule has 0 aromatic heterocycles. The van der Waals surface area contributed by atoms with E-state index in [4.69, 9.17) is 10.5 Å². The molecule has 1 fully saturated rings. The molecule has 1 atom stereocenters. The third-order valence-corrected chi connectivity index (χ3v) is 2.55. The summed E-state index contributed by atoms with van der Waals surface area (Å²) in [6.07, 6.45) is 4.10. The molecule has 0 amide bonds. The number of hydrogen-bond donors (Lipinski definition) is 1. The summed E-state index contributed by atoms with van der Waals surface area (Å²) < 4.78 is 5.34. The van der Waals surface area contributed by atoms with Crippen molar-refractivity contribution in [3.8, 4) is 0 Å². The molecule has 1 unspecified atom stereocenters. The van der Waals surface area contributed by atoms with Crippen LogP contribution in [0.4, 0.5) is 0 Å². The lowest BCUT2D eigenvalue weighted by atomic mass is 10.2. The van der Waals surface area contributed by atoms with Crippen LogP contribution in [0.5, 0.6) is 0 Å². The van der Waals surface area contributed by atoms with Gasteiger partial charge in [0.05, 0.1) is 6.10 Å². The zero-order chi connectivity index (χ0) is 8.81. The number of rotatable bonds is 3. The van der Waals surface area contributed by atoms with E-state index < -0.39 is 0 Å². The molecule has 0 saturated carbocycles. The zero-order valence-corrected chi connectivity index (χ0v) is 7.96. The second kappa shape index (κ2) is 5.51. The monoisotopic (exact) mass is 172 g/mol. The first-order valence-corrected chi connectivity index (χ1v) is 4.82. The highest BCUT2D eigenvalue weighted by molar-refractivity contribution is 4.69. The van der Waals surface area contributed by atoms with Crippen LogP contribution in [-0.2, 0) is 4.74 Å². The molecule has 0 aliphatic carbocycles. The zero-order valence-electron chi connectivity index (χ0n) is 7.96. The summed E-state index contributed by atoms with van der Waals surface area (Å²) in [5.74, 6) is 0. The third kappa shape index (κ3) is 3.09. The quantitative estimate of drug-likeness (QED) is 0.671. The van der Waals surface area contributed by atoms with Gasteiger partial charge in [0.25, 0.3) is 0 Å². The normalized spacial score (nSPS) is 27.0. The van der Waals surface area contributed by atoms with Crippen LogP contribution in [0, 0.1) is 0 Å². The molecule has 1 aliphatic heterocycles. The Labute approximate surface area is 74.9 Å². The van der Waals surface area contributed by atoms with Crippen LogP contribution in [0.2, 0.25) is 0 Å². The van der Waals surface area contributed by atoms with Crippen molar-refractivity contribution < 1.29 is 4.74 Å². The predicted octanol–water partition coefficient (Wildman–Crippen LogP) is 0.446. The molecule has 72 valence electrons. The second-order valence-corrected chi connectivity index (χ2v) is 3.42. The van der Waals surface area contributed by atoms with E-state index in [2.05, 4.69) is 4.90 Å². The molecule has 2 N–H and O–H groups in total. The highest BCUT2D eigenvalue weighted by Crippen LogP contribution is 2.12. The van der Waals surface area contributed by atoms with E-state index in [9.17, 15) is 0 Å². The van der Waals surface area contributed by atoms with E-state index in [1.807, 2.05) is 7.11 Å². The highest BCUT2D eigenvalue weighted by Gasteiger charge is 2.15. The number of nitrogens with zero attached hydrogens (tertiary/aromatic N) is 1. The van der Waals surface area contributed by atoms with E-state index in [1.54, 1.807) is 0 Å². The SMILES string of the molecule is COC1CCCN(CCN)CC1. The van der Waals surface area contributed by atoms with Gasteiger partial charge in [-0.1, -0.05) is 0 Å². The smallest absolute Gasteiger partial charge is 0.0584 e. The topological polar surface area (TPSA) is 38.5 Å². The minimum absolute atomic E-state index is 0.479. The molecule has 0 radical (unpaired) electrons. The van der Waals surface area contributed by atoms with Crippen molar-refractivity contribution in [2.45, 2.75) is 25.4 Å². The highest BCUT2D eigenvalue weighted by atomic mass is 16.5. The average molecular weight is 172 g/mol. The van der Waals surface area contributed by atoms with Gasteiger partial charge >= 0.3 is 0 Å². The van der Waals surface area contributed by atoms with Gasteiger partial charge in [0.2, 0.25) is 0 Å². The summed E-state index contributed by atoms with van der Waals surface area (Å²) in [6.45, 7) is 4.15. The van der Waals surface area contributed by atoms with E-state index >= 15 is 0 Å². The molecule has 0 aromatic rings. The van der Waals surface area contributed by atoms with Crippen molar-refractivity contribution in [3.63, 3.8) is 0 Å². The summed E-state index contributed by atoms with van der Waals surface area (Å²) in [7, 11) is 1.81. The Hall–Kier alpha value is -0.120. The maximum absolute atomic E-state index is 5.50. The van der Waals surface area contributed by atoms with E-state index in [0.717, 1.165) is 26.1 Å². The van der Waals surface area contributed by atoms with Crippen LogP contribution in [0.15, 0.2) is 0 Å². The van der Waals surface area contributed by atoms with Gasteiger partial charge in [-0.15, -0.1) is 0 Å². The fraction of sp³-hybridized carbons (Fsp3) is 1.00. The fourth-order valence-electron chi connectivity index (χ4n) is 1.77. The van der Waals surface area contributed by atoms with E-state index in [0.29, 0.717) is 6.10 Å². The van der Waals surface area contributed by atoms with Crippen LogP contribution >= 0.6 is 0 Å². The van der Waals surface area contributed by atoms with Gasteiger partial charge in [0, 0.05) is 26.7 Å². The summed E-state index contributed by atoms with van der Waals surface area (Å²) in [4.78, 5) is 2.43. The van der Waals surface area contributed by atoms with Crippen LogP contribution in [0.1, 0.15) is 19.3 Å². The standard InChI is InChI=1S/C9H20N2O/c1-12-9-3-2-6-11(7-4-9)8-5-10/h9H,2-8,10H2,1H3. The minimum Gasteiger partial charge on any atom is -0.381 e. The maximum atomic E-state index is 5.50. The molecule has 1 rings (SSSR count). The molecular formula is C9H20N2O. The largest absolute Gasteiger partial charge is 0.381 e. The van der Waals surface area contributed by atoms with Gasteiger partial charge in [-0.3, -0.25) is 0 Å². The predicted molar refractivity (Wildman–Crippen MR) is 50.1 cm³/mol. The molecular weight excluding hydrogens is 152 g/mol. The Kier molecular flexibility index (Phi) is 4.58. The first-order chi connectivity index (χ1) is 5.86. The van der Waals surface area contributed by atoms with E-state index in [-0.39, 0.29) is 0 Å². The van der Waals surface area contributed by atoms with Crippen molar-refractivity contribution in [3.05, 3.63) is 0 Å². The Bertz CT molecular complexity index is 119. The minimum atomic E-state index is 0.479. The van der Waals surface area contributed by atoms with Crippen LogP contribution in [0.25, 0.3) is 0 Å². The lowest BCUT2D eigenvalue weighted by Crippen LogP contribution is -2.30. The van der Waals surface area contributed by atoms with Crippen molar-refractivity contribution in [2.75, 3.05) is 33.3 Å². The Balaban J connectivity index is 2.24. The summed E-state index contributed by atoms with van der Waals surface area (Å²) >= 11 is 0. The van der Waals surface area contributed by atoms with Crippen molar-refractivity contribution >= 4 is 0 Å². The molecule has 3 heteroatoms. The lowest BCUT2D eigenvalue weighted by molar-refractivity contribution is 0.0899.